The Morgan fingerprint density at radius 1 is 1.33 bits per heavy atom. The summed E-state index contributed by atoms with van der Waals surface area (Å²) >= 11 is 2.54. The molecular formula is C13H13NO4S3. The third kappa shape index (κ3) is 3.58. The lowest BCUT2D eigenvalue weighted by molar-refractivity contribution is 0.0602. The van der Waals surface area contributed by atoms with Crippen LogP contribution in [-0.4, -0.2) is 27.8 Å². The van der Waals surface area contributed by atoms with Crippen LogP contribution in [-0.2, 0) is 14.8 Å². The number of esters is 1. The molecule has 1 aromatic heterocycles. The van der Waals surface area contributed by atoms with Crippen molar-refractivity contribution in [2.75, 3.05) is 18.1 Å². The van der Waals surface area contributed by atoms with Crippen molar-refractivity contribution in [3.05, 3.63) is 40.6 Å². The van der Waals surface area contributed by atoms with Gasteiger partial charge in [0.05, 0.1) is 7.11 Å². The molecule has 1 aromatic carbocycles. The maximum atomic E-state index is 12.4. The summed E-state index contributed by atoms with van der Waals surface area (Å²) < 4.78 is 31.8. The number of hydrogen-bond donors (Lipinski definition) is 1. The van der Waals surface area contributed by atoms with Crippen LogP contribution in [0.1, 0.15) is 9.67 Å². The van der Waals surface area contributed by atoms with E-state index in [9.17, 15) is 13.2 Å². The van der Waals surface area contributed by atoms with E-state index in [1.165, 1.54) is 24.9 Å². The summed E-state index contributed by atoms with van der Waals surface area (Å²) in [5.41, 5.74) is 0.448. The number of sulfonamides is 1. The molecule has 5 nitrogen and oxygen atoms in total. The normalized spacial score (nSPS) is 11.1. The van der Waals surface area contributed by atoms with Crippen LogP contribution in [0.3, 0.4) is 0 Å². The van der Waals surface area contributed by atoms with Crippen molar-refractivity contribution < 1.29 is 17.9 Å². The summed E-state index contributed by atoms with van der Waals surface area (Å²) in [7, 11) is -2.61. The van der Waals surface area contributed by atoms with E-state index in [2.05, 4.69) is 9.46 Å². The number of ether oxygens (including phenoxy) is 1. The molecule has 0 fully saturated rings. The van der Waals surface area contributed by atoms with E-state index in [0.29, 0.717) is 5.69 Å². The monoisotopic (exact) mass is 343 g/mol. The van der Waals surface area contributed by atoms with E-state index in [-0.39, 0.29) is 9.77 Å². The maximum Gasteiger partial charge on any atom is 0.349 e. The second kappa shape index (κ2) is 6.50. The Morgan fingerprint density at radius 2 is 2.10 bits per heavy atom. The van der Waals surface area contributed by atoms with E-state index < -0.39 is 16.0 Å². The minimum Gasteiger partial charge on any atom is -0.465 e. The van der Waals surface area contributed by atoms with Crippen LogP contribution in [0.25, 0.3) is 0 Å². The molecular weight excluding hydrogens is 330 g/mol. The lowest BCUT2D eigenvalue weighted by Crippen LogP contribution is -2.15. The van der Waals surface area contributed by atoms with Crippen LogP contribution in [0.15, 0.2) is 45.5 Å². The van der Waals surface area contributed by atoms with Crippen molar-refractivity contribution in [1.29, 1.82) is 0 Å². The summed E-state index contributed by atoms with van der Waals surface area (Å²) in [5, 5.41) is 1.54. The molecule has 0 saturated heterocycles. The van der Waals surface area contributed by atoms with Gasteiger partial charge in [0.1, 0.15) is 9.77 Å². The van der Waals surface area contributed by atoms with Crippen molar-refractivity contribution in [1.82, 2.24) is 0 Å². The molecule has 2 rings (SSSR count). The fraction of sp³-hybridized carbons (Fsp3) is 0.154. The average molecular weight is 343 g/mol. The van der Waals surface area contributed by atoms with Gasteiger partial charge in [-0.2, -0.15) is 0 Å². The van der Waals surface area contributed by atoms with Gasteiger partial charge in [0, 0.05) is 10.6 Å². The van der Waals surface area contributed by atoms with Crippen molar-refractivity contribution in [2.45, 2.75) is 9.79 Å². The fourth-order valence-electron chi connectivity index (χ4n) is 1.65. The van der Waals surface area contributed by atoms with Gasteiger partial charge in [-0.3, -0.25) is 4.72 Å². The zero-order valence-corrected chi connectivity index (χ0v) is 13.8. The number of methoxy groups -OCH3 is 1. The molecule has 8 heteroatoms. The lowest BCUT2D eigenvalue weighted by Gasteiger charge is -2.09. The number of benzene rings is 1. The van der Waals surface area contributed by atoms with Gasteiger partial charge < -0.3 is 4.74 Å². The minimum absolute atomic E-state index is 0.0611. The van der Waals surface area contributed by atoms with Crippen LogP contribution >= 0.6 is 23.1 Å². The van der Waals surface area contributed by atoms with Crippen LogP contribution in [0, 0.1) is 0 Å². The molecule has 0 aliphatic carbocycles. The fourth-order valence-corrected chi connectivity index (χ4v) is 4.49. The van der Waals surface area contributed by atoms with E-state index in [1.54, 1.807) is 23.6 Å². The summed E-state index contributed by atoms with van der Waals surface area (Å²) in [6.45, 7) is 0. The zero-order valence-electron chi connectivity index (χ0n) is 11.3. The van der Waals surface area contributed by atoms with Crippen molar-refractivity contribution in [3.63, 3.8) is 0 Å². The minimum atomic E-state index is -3.83. The second-order valence-corrected chi connectivity index (χ2v) is 7.39. The smallest absolute Gasteiger partial charge is 0.349 e. The quantitative estimate of drug-likeness (QED) is 0.667. The SMILES string of the molecule is COC(=O)c1sccc1S(=O)(=O)Nc1cccc(SC)c1. The molecule has 0 aliphatic rings. The third-order valence-electron chi connectivity index (χ3n) is 2.61. The first-order valence-corrected chi connectivity index (χ1v) is 9.39. The van der Waals surface area contributed by atoms with Gasteiger partial charge in [-0.25, -0.2) is 13.2 Å². The molecule has 2 aromatic rings. The highest BCUT2D eigenvalue weighted by Crippen LogP contribution is 2.26. The van der Waals surface area contributed by atoms with E-state index in [0.717, 1.165) is 16.2 Å². The van der Waals surface area contributed by atoms with Crippen LogP contribution in [0.2, 0.25) is 0 Å². The summed E-state index contributed by atoms with van der Waals surface area (Å²) in [6, 6.07) is 8.41. The molecule has 112 valence electrons. The first-order valence-electron chi connectivity index (χ1n) is 5.80. The molecule has 0 radical (unpaired) electrons. The average Bonchev–Trinajstić information content (AvgIpc) is 2.96. The highest BCUT2D eigenvalue weighted by atomic mass is 32.2. The topological polar surface area (TPSA) is 72.5 Å². The first-order chi connectivity index (χ1) is 9.97. The number of hydrogen-bond acceptors (Lipinski definition) is 6. The number of carbonyl (C=O) groups is 1. The van der Waals surface area contributed by atoms with Crippen molar-refractivity contribution in [2.24, 2.45) is 0 Å². The number of nitrogens with one attached hydrogen (secondary N) is 1. The zero-order chi connectivity index (χ0) is 15.5. The van der Waals surface area contributed by atoms with Gasteiger partial charge >= 0.3 is 5.97 Å². The third-order valence-corrected chi connectivity index (χ3v) is 5.78. The Morgan fingerprint density at radius 3 is 2.76 bits per heavy atom. The lowest BCUT2D eigenvalue weighted by atomic mass is 10.3. The van der Waals surface area contributed by atoms with Gasteiger partial charge in [0.25, 0.3) is 10.0 Å². The summed E-state index contributed by atoms with van der Waals surface area (Å²) in [5.74, 6) is -0.664. The number of carbonyl (C=O) groups excluding carboxylic acids is 1. The van der Waals surface area contributed by atoms with E-state index >= 15 is 0 Å². The number of thioether (sulfide) groups is 1. The number of anilines is 1. The number of thiophene rings is 1. The predicted octanol–water partition coefficient (Wildman–Crippen LogP) is 3.06. The molecule has 1 heterocycles. The Balaban J connectivity index is 2.34. The Kier molecular flexibility index (Phi) is 4.92. The van der Waals surface area contributed by atoms with Gasteiger partial charge in [-0.1, -0.05) is 6.07 Å². The predicted molar refractivity (Wildman–Crippen MR) is 84.7 cm³/mol. The van der Waals surface area contributed by atoms with Crippen LogP contribution < -0.4 is 4.72 Å². The highest BCUT2D eigenvalue weighted by molar-refractivity contribution is 7.98. The summed E-state index contributed by atoms with van der Waals surface area (Å²) in [6.07, 6.45) is 1.90. The molecule has 0 spiro atoms. The molecule has 0 aliphatic heterocycles. The van der Waals surface area contributed by atoms with Crippen LogP contribution in [0.5, 0.6) is 0 Å². The first kappa shape index (κ1) is 15.9. The number of rotatable bonds is 5. The molecule has 21 heavy (non-hydrogen) atoms. The molecule has 1 N–H and O–H groups in total. The van der Waals surface area contributed by atoms with E-state index in [1.807, 2.05) is 12.3 Å². The molecule has 0 saturated carbocycles. The van der Waals surface area contributed by atoms with Crippen molar-refractivity contribution in [3.8, 4) is 0 Å². The second-order valence-electron chi connectivity index (χ2n) is 3.94. The Bertz CT molecular complexity index is 752. The molecule has 0 unspecified atom stereocenters. The Hall–Kier alpha value is -1.51. The van der Waals surface area contributed by atoms with E-state index in [4.69, 9.17) is 0 Å². The molecule has 0 amide bonds. The summed E-state index contributed by atoms with van der Waals surface area (Å²) in [4.78, 5) is 12.5. The highest BCUT2D eigenvalue weighted by Gasteiger charge is 2.24. The maximum absolute atomic E-state index is 12.4. The van der Waals surface area contributed by atoms with Gasteiger partial charge in [-0.15, -0.1) is 23.1 Å². The van der Waals surface area contributed by atoms with Gasteiger partial charge in [-0.05, 0) is 35.9 Å². The van der Waals surface area contributed by atoms with Crippen molar-refractivity contribution >= 4 is 44.8 Å². The van der Waals surface area contributed by atoms with Gasteiger partial charge in [0.2, 0.25) is 0 Å². The Labute approximate surface area is 131 Å². The molecule has 0 bridgehead atoms. The molecule has 0 atom stereocenters. The van der Waals surface area contributed by atoms with Crippen LogP contribution in [0.4, 0.5) is 5.69 Å². The standard InChI is InChI=1S/C13H13NO4S3/c1-18-13(15)12-11(6-7-20-12)21(16,17)14-9-4-3-5-10(8-9)19-2/h3-8,14H,1-2H3. The largest absolute Gasteiger partial charge is 0.465 e. The van der Waals surface area contributed by atoms with Gasteiger partial charge in [0.15, 0.2) is 0 Å².